The SMILES string of the molecule is CNC(=O)[C@H](CCCNC(N)=O)NC(=O)[C@@H](NC(=O)[C@H](CCCCNC(=O)OCC1c2ccccc2-c2ccccc21)NC(=O)[C@H](CC(=O)OC(C)(C)C)NC(=O)OCC1c2ccccc2-c2ccccc21)C(C)C. The van der Waals surface area contributed by atoms with Crippen LogP contribution in [0, 0.1) is 5.92 Å². The first-order valence-corrected chi connectivity index (χ1v) is 25.4. The fourth-order valence-electron chi connectivity index (χ4n) is 9.41. The molecule has 4 aromatic rings. The van der Waals surface area contributed by atoms with Gasteiger partial charge in [0.2, 0.25) is 23.6 Å². The Bertz CT molecular complexity index is 2610. The van der Waals surface area contributed by atoms with Crippen LogP contribution in [-0.2, 0) is 38.2 Å². The third kappa shape index (κ3) is 15.5. The van der Waals surface area contributed by atoms with E-state index in [1.54, 1.807) is 34.6 Å². The van der Waals surface area contributed by atoms with Gasteiger partial charge < -0.3 is 57.2 Å². The van der Waals surface area contributed by atoms with Crippen LogP contribution < -0.4 is 43.0 Å². The quantitative estimate of drug-likeness (QED) is 0.0242. The van der Waals surface area contributed by atoms with E-state index >= 15 is 0 Å². The minimum atomic E-state index is -1.58. The first-order chi connectivity index (χ1) is 35.8. The van der Waals surface area contributed by atoms with Gasteiger partial charge in [0, 0.05) is 32.0 Å². The van der Waals surface area contributed by atoms with Crippen molar-refractivity contribution in [1.29, 1.82) is 0 Å². The van der Waals surface area contributed by atoms with E-state index < -0.39 is 89.9 Å². The number of carbonyl (C=O) groups is 8. The van der Waals surface area contributed by atoms with Crippen molar-refractivity contribution in [2.45, 2.75) is 115 Å². The maximum Gasteiger partial charge on any atom is 0.407 e. The van der Waals surface area contributed by atoms with E-state index in [-0.39, 0.29) is 57.4 Å². The molecule has 0 heterocycles. The largest absolute Gasteiger partial charge is 0.460 e. The van der Waals surface area contributed by atoms with Gasteiger partial charge in [-0.1, -0.05) is 111 Å². The summed E-state index contributed by atoms with van der Waals surface area (Å²) in [4.78, 5) is 107. The summed E-state index contributed by atoms with van der Waals surface area (Å²) in [6.45, 7) is 8.67. The molecule has 19 heteroatoms. The standard InChI is InChI=1S/C56H70N8O11/c1-33(2)48(52(69)62-44(49(66)58-6)27-17-29-59-53(57)70)64-50(67)45(26-15-16-28-60-54(71)73-31-42-38-22-11-7-18-34(38)35-19-8-12-23-39(35)42)61-51(68)46(30-47(65)75-56(3,4)5)63-55(72)74-32-43-40-24-13-9-20-36(40)37-21-10-14-25-41(37)43/h7-14,18-25,33,42-46,48H,15-17,26-32H2,1-6H3,(H,58,66)(H,60,71)(H,61,68)(H,62,69)(H,63,72)(H,64,67)(H3,57,59,70)/t44-,45-,46-,48-/m0/s1. The fraction of sp³-hybridized carbons (Fsp3) is 0.429. The number of ether oxygens (including phenoxy) is 3. The molecule has 2 aliphatic rings. The van der Waals surface area contributed by atoms with Gasteiger partial charge in [0.25, 0.3) is 0 Å². The molecule has 0 spiro atoms. The summed E-state index contributed by atoms with van der Waals surface area (Å²) < 4.78 is 17.0. The number of carbonyl (C=O) groups excluding carboxylic acids is 8. The molecule has 0 unspecified atom stereocenters. The molecule has 4 aromatic carbocycles. The van der Waals surface area contributed by atoms with Crippen molar-refractivity contribution < 1.29 is 52.6 Å². The number of nitrogens with one attached hydrogen (secondary N) is 7. The number of rotatable bonds is 24. The summed E-state index contributed by atoms with van der Waals surface area (Å²) in [7, 11) is 1.41. The molecule has 0 aromatic heterocycles. The zero-order valence-electron chi connectivity index (χ0n) is 43.4. The molecule has 0 saturated heterocycles. The van der Waals surface area contributed by atoms with Crippen LogP contribution in [0.1, 0.15) is 107 Å². The number of hydrogen-bond acceptors (Lipinski definition) is 11. The molecule has 6 rings (SSSR count). The molecule has 19 nitrogen and oxygen atoms in total. The lowest BCUT2D eigenvalue weighted by molar-refractivity contribution is -0.156. The van der Waals surface area contributed by atoms with Gasteiger partial charge in [-0.2, -0.15) is 0 Å². The fourth-order valence-corrected chi connectivity index (χ4v) is 9.41. The third-order valence-corrected chi connectivity index (χ3v) is 13.0. The zero-order valence-corrected chi connectivity index (χ0v) is 43.4. The van der Waals surface area contributed by atoms with E-state index in [4.69, 9.17) is 19.9 Å². The van der Waals surface area contributed by atoms with E-state index in [0.29, 0.717) is 12.8 Å². The van der Waals surface area contributed by atoms with Gasteiger partial charge in [0.05, 0.1) is 6.42 Å². The van der Waals surface area contributed by atoms with Crippen molar-refractivity contribution in [2.24, 2.45) is 11.7 Å². The highest BCUT2D eigenvalue weighted by molar-refractivity contribution is 5.96. The van der Waals surface area contributed by atoms with Crippen LogP contribution in [0.5, 0.6) is 0 Å². The molecule has 2 aliphatic carbocycles. The number of fused-ring (bicyclic) bond motifs is 6. The number of primary amides is 1. The number of likely N-dealkylation sites (N-methyl/N-ethyl adjacent to an activating group) is 1. The van der Waals surface area contributed by atoms with Gasteiger partial charge in [-0.25, -0.2) is 14.4 Å². The van der Waals surface area contributed by atoms with E-state index in [1.807, 2.05) is 97.1 Å². The Morgan fingerprint density at radius 2 is 0.973 bits per heavy atom. The van der Waals surface area contributed by atoms with Crippen LogP contribution in [0.15, 0.2) is 97.1 Å². The number of amides is 8. The van der Waals surface area contributed by atoms with Crippen LogP contribution in [0.4, 0.5) is 14.4 Å². The van der Waals surface area contributed by atoms with Crippen molar-refractivity contribution in [2.75, 3.05) is 33.4 Å². The van der Waals surface area contributed by atoms with Crippen LogP contribution in [0.25, 0.3) is 22.3 Å². The molecule has 75 heavy (non-hydrogen) atoms. The summed E-state index contributed by atoms with van der Waals surface area (Å²) in [5.74, 6) is -4.66. The topological polar surface area (TPSA) is 274 Å². The van der Waals surface area contributed by atoms with E-state index in [2.05, 4.69) is 37.2 Å². The van der Waals surface area contributed by atoms with E-state index in [1.165, 1.54) is 7.05 Å². The van der Waals surface area contributed by atoms with Gasteiger partial charge in [-0.15, -0.1) is 0 Å². The molecule has 8 amide bonds. The Labute approximate surface area is 437 Å². The second kappa shape index (κ2) is 26.3. The van der Waals surface area contributed by atoms with Crippen LogP contribution in [0.3, 0.4) is 0 Å². The smallest absolute Gasteiger partial charge is 0.407 e. The minimum absolute atomic E-state index is 0.0196. The molecular formula is C56H70N8O11. The first-order valence-electron chi connectivity index (χ1n) is 25.4. The average Bonchev–Trinajstić information content (AvgIpc) is 3.87. The van der Waals surface area contributed by atoms with E-state index in [0.717, 1.165) is 44.5 Å². The predicted octanol–water partition coefficient (Wildman–Crippen LogP) is 5.64. The van der Waals surface area contributed by atoms with Crippen molar-refractivity contribution in [3.8, 4) is 22.3 Å². The molecule has 9 N–H and O–H groups in total. The molecule has 0 radical (unpaired) electrons. The highest BCUT2D eigenvalue weighted by atomic mass is 16.6. The Morgan fingerprint density at radius 1 is 0.533 bits per heavy atom. The van der Waals surface area contributed by atoms with Crippen LogP contribution >= 0.6 is 0 Å². The number of nitrogens with two attached hydrogens (primary N) is 1. The monoisotopic (exact) mass is 1030 g/mol. The summed E-state index contributed by atoms with van der Waals surface area (Å²) in [5, 5.41) is 18.4. The highest BCUT2D eigenvalue weighted by Crippen LogP contribution is 2.45. The molecule has 0 saturated carbocycles. The second-order valence-corrected chi connectivity index (χ2v) is 20.0. The first kappa shape index (κ1) is 56.3. The molecule has 0 fully saturated rings. The summed E-state index contributed by atoms with van der Waals surface area (Å²) in [5.41, 5.74) is 12.5. The van der Waals surface area contributed by atoms with Gasteiger partial charge in [-0.3, -0.25) is 24.0 Å². The summed E-state index contributed by atoms with van der Waals surface area (Å²) in [6, 6.07) is 25.7. The second-order valence-electron chi connectivity index (χ2n) is 20.0. The molecular weight excluding hydrogens is 961 g/mol. The minimum Gasteiger partial charge on any atom is -0.460 e. The van der Waals surface area contributed by atoms with Crippen molar-refractivity contribution >= 4 is 47.8 Å². The molecule has 400 valence electrons. The number of esters is 1. The number of alkyl carbamates (subject to hydrolysis) is 2. The molecule has 0 bridgehead atoms. The van der Waals surface area contributed by atoms with Crippen molar-refractivity contribution in [3.63, 3.8) is 0 Å². The number of hydrogen-bond donors (Lipinski definition) is 8. The summed E-state index contributed by atoms with van der Waals surface area (Å²) in [6.07, 6.45) is -1.26. The Kier molecular flexibility index (Phi) is 19.8. The maximum absolute atomic E-state index is 14.4. The number of benzene rings is 4. The predicted molar refractivity (Wildman–Crippen MR) is 281 cm³/mol. The lowest BCUT2D eigenvalue weighted by Crippen LogP contribution is -2.59. The highest BCUT2D eigenvalue weighted by Gasteiger charge is 2.36. The molecule has 4 atom stereocenters. The Balaban J connectivity index is 1.14. The van der Waals surface area contributed by atoms with Gasteiger partial charge in [0.1, 0.15) is 43.0 Å². The van der Waals surface area contributed by atoms with Gasteiger partial charge >= 0.3 is 24.2 Å². The molecule has 0 aliphatic heterocycles. The normalized spacial score (nSPS) is 14.0. The Morgan fingerprint density at radius 3 is 1.45 bits per heavy atom. The lowest BCUT2D eigenvalue weighted by atomic mass is 9.98. The van der Waals surface area contributed by atoms with Crippen LogP contribution in [0.2, 0.25) is 0 Å². The third-order valence-electron chi connectivity index (χ3n) is 13.0. The number of unbranched alkanes of at least 4 members (excludes halogenated alkanes) is 1. The summed E-state index contributed by atoms with van der Waals surface area (Å²) >= 11 is 0. The zero-order chi connectivity index (χ0) is 54.2. The van der Waals surface area contributed by atoms with E-state index in [9.17, 15) is 38.4 Å². The van der Waals surface area contributed by atoms with Gasteiger partial charge in [0.15, 0.2) is 0 Å². The Hall–Kier alpha value is -7.96. The average molecular weight is 1030 g/mol. The lowest BCUT2D eigenvalue weighted by Gasteiger charge is -2.28. The number of urea groups is 1. The van der Waals surface area contributed by atoms with Crippen molar-refractivity contribution in [1.82, 2.24) is 37.2 Å². The van der Waals surface area contributed by atoms with Crippen molar-refractivity contribution in [3.05, 3.63) is 119 Å². The maximum atomic E-state index is 14.4. The van der Waals surface area contributed by atoms with Gasteiger partial charge in [-0.05, 0) is 103 Å². The van der Waals surface area contributed by atoms with Crippen LogP contribution in [-0.4, -0.2) is 111 Å².